The Kier molecular flexibility index (Phi) is 7.63. The molecule has 0 spiro atoms. The van der Waals surface area contributed by atoms with Gasteiger partial charge in [-0.25, -0.2) is 4.39 Å². The molecule has 0 aliphatic heterocycles. The molecule has 1 aromatic rings. The van der Waals surface area contributed by atoms with E-state index >= 15 is 0 Å². The van der Waals surface area contributed by atoms with Gasteiger partial charge < -0.3 is 19.9 Å². The Balaban J connectivity index is 1.48. The van der Waals surface area contributed by atoms with Gasteiger partial charge in [-0.3, -0.25) is 0 Å². The number of hydrogen-bond acceptors (Lipinski definition) is 4. The summed E-state index contributed by atoms with van der Waals surface area (Å²) in [4.78, 5) is 0. The van der Waals surface area contributed by atoms with Crippen LogP contribution in [0.15, 0.2) is 24.3 Å². The van der Waals surface area contributed by atoms with Crippen molar-refractivity contribution in [3.63, 3.8) is 0 Å². The fourth-order valence-electron chi connectivity index (χ4n) is 2.64. The molecule has 1 unspecified atom stereocenters. The van der Waals surface area contributed by atoms with Gasteiger partial charge in [0.1, 0.15) is 18.2 Å². The molecule has 0 radical (unpaired) electrons. The number of rotatable bonds is 9. The second-order valence-electron chi connectivity index (χ2n) is 5.77. The first-order valence-corrected chi connectivity index (χ1v) is 8.11. The summed E-state index contributed by atoms with van der Waals surface area (Å²) in [5.74, 6) is 0.335. The zero-order valence-corrected chi connectivity index (χ0v) is 13.0. The molecule has 4 nitrogen and oxygen atoms in total. The van der Waals surface area contributed by atoms with Crippen LogP contribution in [0.3, 0.4) is 0 Å². The van der Waals surface area contributed by atoms with E-state index in [1.165, 1.54) is 44.2 Å². The molecule has 124 valence electrons. The molecule has 1 atom stereocenters. The molecule has 0 heterocycles. The predicted octanol–water partition coefficient (Wildman–Crippen LogP) is 2.50. The maximum atomic E-state index is 12.7. The maximum Gasteiger partial charge on any atom is 0.123 e. The fourth-order valence-corrected chi connectivity index (χ4v) is 2.64. The van der Waals surface area contributed by atoms with Crippen LogP contribution in [-0.4, -0.2) is 43.6 Å². The Morgan fingerprint density at radius 1 is 1.14 bits per heavy atom. The minimum atomic E-state index is -0.493. The monoisotopic (exact) mass is 311 g/mol. The fraction of sp³-hybridized carbons (Fsp3) is 0.647. The Morgan fingerprint density at radius 3 is 2.59 bits per heavy atom. The summed E-state index contributed by atoms with van der Waals surface area (Å²) in [5, 5.41) is 13.3. The second-order valence-corrected chi connectivity index (χ2v) is 5.77. The lowest BCUT2D eigenvalue weighted by molar-refractivity contribution is 0.0235. The summed E-state index contributed by atoms with van der Waals surface area (Å²) in [6.45, 7) is 1.66. The molecule has 1 aliphatic carbocycles. The van der Waals surface area contributed by atoms with Crippen LogP contribution in [0.25, 0.3) is 0 Å². The summed E-state index contributed by atoms with van der Waals surface area (Å²) < 4.78 is 23.5. The Morgan fingerprint density at radius 2 is 1.86 bits per heavy atom. The Labute approximate surface area is 131 Å². The van der Waals surface area contributed by atoms with Crippen LogP contribution in [0.1, 0.15) is 32.1 Å². The van der Waals surface area contributed by atoms with Gasteiger partial charge >= 0.3 is 0 Å². The first kappa shape index (κ1) is 17.2. The number of benzene rings is 1. The lowest BCUT2D eigenvalue weighted by atomic mass is 9.95. The standard InChI is InChI=1S/C17H26FNO3/c18-14-6-8-17(9-7-14)22-11-10-21-13-16(20)12-19-15-4-2-1-3-5-15/h6-9,15-16,19-20H,1-5,10-13H2. The van der Waals surface area contributed by atoms with E-state index < -0.39 is 6.10 Å². The quantitative estimate of drug-likeness (QED) is 0.688. The van der Waals surface area contributed by atoms with Crippen molar-refractivity contribution >= 4 is 0 Å². The van der Waals surface area contributed by atoms with Gasteiger partial charge in [0.05, 0.1) is 19.3 Å². The van der Waals surface area contributed by atoms with Gasteiger partial charge in [0.2, 0.25) is 0 Å². The summed E-state index contributed by atoms with van der Waals surface area (Å²) in [5.41, 5.74) is 0. The van der Waals surface area contributed by atoms with E-state index in [2.05, 4.69) is 5.32 Å². The molecule has 0 bridgehead atoms. The summed E-state index contributed by atoms with van der Waals surface area (Å²) >= 11 is 0. The third-order valence-electron chi connectivity index (χ3n) is 3.87. The van der Waals surface area contributed by atoms with Gasteiger partial charge in [-0.15, -0.1) is 0 Å². The van der Waals surface area contributed by atoms with E-state index in [9.17, 15) is 9.50 Å². The molecule has 1 aliphatic rings. The maximum absolute atomic E-state index is 12.7. The SMILES string of the molecule is OC(CNC1CCCCC1)COCCOc1ccc(F)cc1. The van der Waals surface area contributed by atoms with Crippen LogP contribution in [0.4, 0.5) is 4.39 Å². The van der Waals surface area contributed by atoms with Crippen LogP contribution >= 0.6 is 0 Å². The highest BCUT2D eigenvalue weighted by atomic mass is 19.1. The number of aliphatic hydroxyl groups excluding tert-OH is 1. The van der Waals surface area contributed by atoms with Crippen molar-refractivity contribution in [3.05, 3.63) is 30.1 Å². The molecule has 2 N–H and O–H groups in total. The third kappa shape index (κ3) is 6.73. The van der Waals surface area contributed by atoms with Gasteiger partial charge in [-0.05, 0) is 37.1 Å². The molecular weight excluding hydrogens is 285 g/mol. The van der Waals surface area contributed by atoms with Crippen LogP contribution in [0.2, 0.25) is 0 Å². The first-order valence-electron chi connectivity index (χ1n) is 8.11. The van der Waals surface area contributed by atoms with Gasteiger partial charge in [0.15, 0.2) is 0 Å². The number of nitrogens with one attached hydrogen (secondary N) is 1. The van der Waals surface area contributed by atoms with Crippen molar-refractivity contribution in [1.82, 2.24) is 5.32 Å². The van der Waals surface area contributed by atoms with Crippen molar-refractivity contribution in [3.8, 4) is 5.75 Å². The van der Waals surface area contributed by atoms with Crippen LogP contribution in [-0.2, 0) is 4.74 Å². The van der Waals surface area contributed by atoms with E-state index in [0.29, 0.717) is 38.2 Å². The van der Waals surface area contributed by atoms with Crippen LogP contribution in [0, 0.1) is 5.82 Å². The van der Waals surface area contributed by atoms with Crippen LogP contribution in [0.5, 0.6) is 5.75 Å². The largest absolute Gasteiger partial charge is 0.491 e. The highest BCUT2D eigenvalue weighted by Crippen LogP contribution is 2.17. The van der Waals surface area contributed by atoms with Gasteiger partial charge in [-0.2, -0.15) is 0 Å². The van der Waals surface area contributed by atoms with Gasteiger partial charge in [0.25, 0.3) is 0 Å². The molecule has 1 fully saturated rings. The van der Waals surface area contributed by atoms with Crippen molar-refractivity contribution in [2.75, 3.05) is 26.4 Å². The molecule has 1 saturated carbocycles. The average molecular weight is 311 g/mol. The molecule has 2 rings (SSSR count). The highest BCUT2D eigenvalue weighted by molar-refractivity contribution is 5.21. The molecular formula is C17H26FNO3. The minimum Gasteiger partial charge on any atom is -0.491 e. The van der Waals surface area contributed by atoms with Gasteiger partial charge in [0, 0.05) is 12.6 Å². The molecule has 0 saturated heterocycles. The molecule has 0 aromatic heterocycles. The number of hydrogen-bond donors (Lipinski definition) is 2. The molecule has 0 amide bonds. The molecule has 1 aromatic carbocycles. The van der Waals surface area contributed by atoms with E-state index in [0.717, 1.165) is 0 Å². The Bertz CT molecular complexity index is 407. The predicted molar refractivity (Wildman–Crippen MR) is 83.6 cm³/mol. The molecule has 5 heteroatoms. The van der Waals surface area contributed by atoms with Crippen LogP contribution < -0.4 is 10.1 Å². The van der Waals surface area contributed by atoms with E-state index in [1.807, 2.05) is 0 Å². The number of ether oxygens (including phenoxy) is 2. The number of aliphatic hydroxyl groups is 1. The second kappa shape index (κ2) is 9.77. The van der Waals surface area contributed by atoms with Crippen molar-refractivity contribution < 1.29 is 19.0 Å². The average Bonchev–Trinajstić information content (AvgIpc) is 2.55. The first-order chi connectivity index (χ1) is 10.7. The van der Waals surface area contributed by atoms with Gasteiger partial charge in [-0.1, -0.05) is 19.3 Å². The smallest absolute Gasteiger partial charge is 0.123 e. The summed E-state index contributed by atoms with van der Waals surface area (Å²) in [7, 11) is 0. The van der Waals surface area contributed by atoms with Crippen molar-refractivity contribution in [2.45, 2.75) is 44.2 Å². The molecule has 22 heavy (non-hydrogen) atoms. The third-order valence-corrected chi connectivity index (χ3v) is 3.87. The zero-order chi connectivity index (χ0) is 15.6. The zero-order valence-electron chi connectivity index (χ0n) is 13.0. The normalized spacial score (nSPS) is 17.4. The van der Waals surface area contributed by atoms with E-state index in [4.69, 9.17) is 9.47 Å². The minimum absolute atomic E-state index is 0.280. The van der Waals surface area contributed by atoms with E-state index in [1.54, 1.807) is 12.1 Å². The summed E-state index contributed by atoms with van der Waals surface area (Å²) in [6.07, 6.45) is 5.82. The van der Waals surface area contributed by atoms with Crippen molar-refractivity contribution in [1.29, 1.82) is 0 Å². The van der Waals surface area contributed by atoms with E-state index in [-0.39, 0.29) is 5.82 Å². The highest BCUT2D eigenvalue weighted by Gasteiger charge is 2.14. The topological polar surface area (TPSA) is 50.7 Å². The lowest BCUT2D eigenvalue weighted by Crippen LogP contribution is -2.38. The lowest BCUT2D eigenvalue weighted by Gasteiger charge is -2.24. The Hall–Kier alpha value is -1.17. The number of halogens is 1. The van der Waals surface area contributed by atoms with Crippen molar-refractivity contribution in [2.24, 2.45) is 0 Å². The summed E-state index contributed by atoms with van der Waals surface area (Å²) in [6, 6.07) is 6.43.